The Morgan fingerprint density at radius 2 is 1.83 bits per heavy atom. The van der Waals surface area contributed by atoms with Gasteiger partial charge in [-0.3, -0.25) is 4.79 Å². The van der Waals surface area contributed by atoms with Crippen molar-refractivity contribution in [3.8, 4) is 5.69 Å². The summed E-state index contributed by atoms with van der Waals surface area (Å²) in [7, 11) is 0. The molecule has 2 aromatic carbocycles. The highest BCUT2D eigenvalue weighted by Crippen LogP contribution is 2.29. The van der Waals surface area contributed by atoms with Crippen molar-refractivity contribution in [1.82, 2.24) is 14.7 Å². The minimum absolute atomic E-state index is 0. The average molecular weight is 429 g/mol. The number of carbonyl (C=O) groups excluding carboxylic acids is 1. The fourth-order valence-corrected chi connectivity index (χ4v) is 3.92. The Balaban J connectivity index is 0.00000256. The zero-order chi connectivity index (χ0) is 20.2. The Kier molecular flexibility index (Phi) is 7.24. The number of carbonyl (C=O) groups is 1. The standard InChI is InChI=1S/C23H25FN4O.ClH/c24-19-11-4-5-12-21(19)28-20-13-6-10-18(20)22(26-28)23(29)27(15-7-14-25)16-17-8-2-1-3-9-17;/h1-5,8-9,11-12H,6-7,10,13-16,25H2;1H. The van der Waals surface area contributed by atoms with Gasteiger partial charge in [0.1, 0.15) is 11.5 Å². The van der Waals surface area contributed by atoms with Crippen LogP contribution in [0.15, 0.2) is 54.6 Å². The molecule has 0 bridgehead atoms. The third-order valence-corrected chi connectivity index (χ3v) is 5.35. The molecule has 3 aromatic rings. The third-order valence-electron chi connectivity index (χ3n) is 5.35. The highest BCUT2D eigenvalue weighted by Gasteiger charge is 2.30. The predicted molar refractivity (Wildman–Crippen MR) is 118 cm³/mol. The van der Waals surface area contributed by atoms with Gasteiger partial charge in [-0.05, 0) is 49.9 Å². The molecule has 0 unspecified atom stereocenters. The molecule has 0 radical (unpaired) electrons. The molecule has 1 heterocycles. The molecule has 0 aliphatic heterocycles. The number of halogens is 2. The largest absolute Gasteiger partial charge is 0.333 e. The number of fused-ring (bicyclic) bond motifs is 1. The summed E-state index contributed by atoms with van der Waals surface area (Å²) < 4.78 is 16.0. The van der Waals surface area contributed by atoms with E-state index in [1.807, 2.05) is 30.3 Å². The predicted octanol–water partition coefficient (Wildman–Crippen LogP) is 3.91. The van der Waals surface area contributed by atoms with Crippen LogP contribution in [0.5, 0.6) is 0 Å². The molecule has 1 aliphatic rings. The number of rotatable bonds is 7. The van der Waals surface area contributed by atoms with Crippen LogP contribution in [0.25, 0.3) is 5.69 Å². The zero-order valence-electron chi connectivity index (χ0n) is 16.8. The van der Waals surface area contributed by atoms with E-state index in [0.29, 0.717) is 31.0 Å². The van der Waals surface area contributed by atoms with Gasteiger partial charge in [-0.25, -0.2) is 9.07 Å². The van der Waals surface area contributed by atoms with Gasteiger partial charge in [-0.1, -0.05) is 42.5 Å². The van der Waals surface area contributed by atoms with E-state index in [9.17, 15) is 9.18 Å². The lowest BCUT2D eigenvalue weighted by Crippen LogP contribution is -2.33. The van der Waals surface area contributed by atoms with Gasteiger partial charge in [0.15, 0.2) is 5.69 Å². The quantitative estimate of drug-likeness (QED) is 0.620. The molecule has 30 heavy (non-hydrogen) atoms. The fraction of sp³-hybridized carbons (Fsp3) is 0.304. The van der Waals surface area contributed by atoms with Gasteiger partial charge in [-0.2, -0.15) is 5.10 Å². The molecule has 1 aliphatic carbocycles. The first-order chi connectivity index (χ1) is 14.2. The third kappa shape index (κ3) is 4.40. The van der Waals surface area contributed by atoms with Crippen LogP contribution in [0.3, 0.4) is 0 Å². The average Bonchev–Trinajstić information content (AvgIpc) is 3.35. The van der Waals surface area contributed by atoms with Crippen LogP contribution in [0, 0.1) is 5.82 Å². The molecule has 0 saturated heterocycles. The van der Waals surface area contributed by atoms with E-state index in [0.717, 1.165) is 42.5 Å². The molecule has 4 rings (SSSR count). The van der Waals surface area contributed by atoms with Gasteiger partial charge in [0, 0.05) is 24.3 Å². The summed E-state index contributed by atoms with van der Waals surface area (Å²) in [6, 6.07) is 16.5. The van der Waals surface area contributed by atoms with Crippen LogP contribution < -0.4 is 5.73 Å². The van der Waals surface area contributed by atoms with Crippen molar-refractivity contribution in [2.24, 2.45) is 5.73 Å². The van der Waals surface area contributed by atoms with Crippen molar-refractivity contribution in [2.45, 2.75) is 32.2 Å². The van der Waals surface area contributed by atoms with Gasteiger partial charge in [-0.15, -0.1) is 12.4 Å². The number of hydrogen-bond acceptors (Lipinski definition) is 3. The maximum absolute atomic E-state index is 14.4. The van der Waals surface area contributed by atoms with Crippen LogP contribution in [0.2, 0.25) is 0 Å². The van der Waals surface area contributed by atoms with Crippen molar-refractivity contribution >= 4 is 18.3 Å². The van der Waals surface area contributed by atoms with Crippen LogP contribution >= 0.6 is 12.4 Å². The van der Waals surface area contributed by atoms with E-state index >= 15 is 0 Å². The molecule has 0 spiro atoms. The molecule has 0 atom stereocenters. The van der Waals surface area contributed by atoms with Crippen LogP contribution in [-0.4, -0.2) is 33.7 Å². The van der Waals surface area contributed by atoms with Crippen LogP contribution in [0.4, 0.5) is 4.39 Å². The first-order valence-electron chi connectivity index (χ1n) is 10.1. The van der Waals surface area contributed by atoms with Crippen molar-refractivity contribution < 1.29 is 9.18 Å². The van der Waals surface area contributed by atoms with Crippen LogP contribution in [0.1, 0.15) is 40.2 Å². The number of benzene rings is 2. The topological polar surface area (TPSA) is 64.2 Å². The minimum Gasteiger partial charge on any atom is -0.333 e. The maximum Gasteiger partial charge on any atom is 0.274 e. The summed E-state index contributed by atoms with van der Waals surface area (Å²) in [4.78, 5) is 15.3. The summed E-state index contributed by atoms with van der Waals surface area (Å²) in [5, 5.41) is 4.59. The van der Waals surface area contributed by atoms with Crippen molar-refractivity contribution in [3.05, 3.63) is 82.9 Å². The smallest absolute Gasteiger partial charge is 0.274 e. The highest BCUT2D eigenvalue weighted by atomic mass is 35.5. The normalized spacial score (nSPS) is 12.3. The number of para-hydroxylation sites is 1. The summed E-state index contributed by atoms with van der Waals surface area (Å²) in [5.41, 5.74) is 9.47. The van der Waals surface area contributed by atoms with Gasteiger partial charge >= 0.3 is 0 Å². The lowest BCUT2D eigenvalue weighted by molar-refractivity contribution is 0.0734. The highest BCUT2D eigenvalue weighted by molar-refractivity contribution is 5.94. The van der Waals surface area contributed by atoms with E-state index in [1.165, 1.54) is 6.07 Å². The Labute approximate surface area is 182 Å². The molecule has 5 nitrogen and oxygen atoms in total. The number of hydrogen-bond donors (Lipinski definition) is 1. The first kappa shape index (κ1) is 22.0. The van der Waals surface area contributed by atoms with Crippen molar-refractivity contribution in [2.75, 3.05) is 13.1 Å². The second-order valence-corrected chi connectivity index (χ2v) is 7.35. The van der Waals surface area contributed by atoms with E-state index in [4.69, 9.17) is 5.73 Å². The molecule has 0 saturated carbocycles. The lowest BCUT2D eigenvalue weighted by atomic mass is 10.1. The van der Waals surface area contributed by atoms with E-state index in [-0.39, 0.29) is 24.1 Å². The second-order valence-electron chi connectivity index (χ2n) is 7.35. The Morgan fingerprint density at radius 1 is 1.10 bits per heavy atom. The molecule has 7 heteroatoms. The molecule has 0 fully saturated rings. The van der Waals surface area contributed by atoms with Crippen molar-refractivity contribution in [3.63, 3.8) is 0 Å². The summed E-state index contributed by atoms with van der Waals surface area (Å²) >= 11 is 0. The Bertz CT molecular complexity index is 1010. The summed E-state index contributed by atoms with van der Waals surface area (Å²) in [6.07, 6.45) is 3.25. The van der Waals surface area contributed by atoms with E-state index in [1.54, 1.807) is 27.8 Å². The number of nitrogens with two attached hydrogens (primary N) is 1. The van der Waals surface area contributed by atoms with Gasteiger partial charge in [0.2, 0.25) is 0 Å². The summed E-state index contributed by atoms with van der Waals surface area (Å²) in [5.74, 6) is -0.455. The van der Waals surface area contributed by atoms with Gasteiger partial charge in [0.25, 0.3) is 5.91 Å². The molecule has 1 aromatic heterocycles. The van der Waals surface area contributed by atoms with Gasteiger partial charge < -0.3 is 10.6 Å². The first-order valence-corrected chi connectivity index (χ1v) is 10.1. The summed E-state index contributed by atoms with van der Waals surface area (Å²) in [6.45, 7) is 1.58. The van der Waals surface area contributed by atoms with Crippen LogP contribution in [-0.2, 0) is 19.4 Å². The molecule has 1 amide bonds. The Hall–Kier alpha value is -2.70. The van der Waals surface area contributed by atoms with Gasteiger partial charge in [0.05, 0.1) is 0 Å². The van der Waals surface area contributed by atoms with E-state index < -0.39 is 0 Å². The molecule has 158 valence electrons. The lowest BCUT2D eigenvalue weighted by Gasteiger charge is -2.22. The minimum atomic E-state index is -0.340. The second kappa shape index (κ2) is 9.87. The maximum atomic E-state index is 14.4. The monoisotopic (exact) mass is 428 g/mol. The molecular weight excluding hydrogens is 403 g/mol. The number of nitrogens with zero attached hydrogens (tertiary/aromatic N) is 3. The van der Waals surface area contributed by atoms with Crippen molar-refractivity contribution in [1.29, 1.82) is 0 Å². The Morgan fingerprint density at radius 3 is 2.57 bits per heavy atom. The number of aromatic nitrogens is 2. The SMILES string of the molecule is Cl.NCCCN(Cc1ccccc1)C(=O)c1nn(-c2ccccc2F)c2c1CCC2. The number of amides is 1. The zero-order valence-corrected chi connectivity index (χ0v) is 17.6. The van der Waals surface area contributed by atoms with E-state index in [2.05, 4.69) is 5.10 Å². The molecular formula is C23H26ClFN4O. The fourth-order valence-electron chi connectivity index (χ4n) is 3.92. The molecule has 2 N–H and O–H groups in total.